The molecular formula is C18H30ClN3O. The lowest BCUT2D eigenvalue weighted by Crippen LogP contribution is -2.51. The predicted molar refractivity (Wildman–Crippen MR) is 97.7 cm³/mol. The van der Waals surface area contributed by atoms with Gasteiger partial charge < -0.3 is 11.1 Å². The van der Waals surface area contributed by atoms with Crippen LogP contribution in [0.1, 0.15) is 37.8 Å². The van der Waals surface area contributed by atoms with E-state index in [-0.39, 0.29) is 30.3 Å². The van der Waals surface area contributed by atoms with Crippen molar-refractivity contribution in [2.24, 2.45) is 11.7 Å². The van der Waals surface area contributed by atoms with Crippen LogP contribution in [0.5, 0.6) is 0 Å². The van der Waals surface area contributed by atoms with Gasteiger partial charge >= 0.3 is 0 Å². The van der Waals surface area contributed by atoms with Crippen molar-refractivity contribution in [1.82, 2.24) is 10.2 Å². The van der Waals surface area contributed by atoms with E-state index >= 15 is 0 Å². The maximum atomic E-state index is 12.0. The lowest BCUT2D eigenvalue weighted by Gasteiger charge is -2.33. The summed E-state index contributed by atoms with van der Waals surface area (Å²) in [5.41, 5.74) is 8.64. The number of nitrogens with zero attached hydrogens (tertiary/aromatic N) is 1. The van der Waals surface area contributed by atoms with Gasteiger partial charge in [-0.1, -0.05) is 38.1 Å². The first-order valence-corrected chi connectivity index (χ1v) is 8.30. The number of carbonyl (C=O) groups is 1. The smallest absolute Gasteiger partial charge is 0.237 e. The number of nitrogens with one attached hydrogen (secondary N) is 1. The topological polar surface area (TPSA) is 58.4 Å². The van der Waals surface area contributed by atoms with Gasteiger partial charge in [0.25, 0.3) is 0 Å². The molecule has 1 aliphatic rings. The van der Waals surface area contributed by atoms with Gasteiger partial charge in [-0.2, -0.15) is 0 Å². The summed E-state index contributed by atoms with van der Waals surface area (Å²) in [5, 5.41) is 3.11. The molecule has 0 aromatic heterocycles. The lowest BCUT2D eigenvalue weighted by atomic mass is 10.0. The van der Waals surface area contributed by atoms with Crippen molar-refractivity contribution in [3.8, 4) is 0 Å². The summed E-state index contributed by atoms with van der Waals surface area (Å²) in [7, 11) is 0. The molecule has 2 rings (SSSR count). The minimum atomic E-state index is -0.398. The molecule has 1 atom stereocenters. The molecule has 0 bridgehead atoms. The van der Waals surface area contributed by atoms with E-state index in [1.165, 1.54) is 11.1 Å². The molecule has 1 aromatic carbocycles. The van der Waals surface area contributed by atoms with E-state index in [9.17, 15) is 4.79 Å². The normalized spacial score (nSPS) is 17.6. The third-order valence-corrected chi connectivity index (χ3v) is 4.61. The van der Waals surface area contributed by atoms with Gasteiger partial charge in [-0.25, -0.2) is 0 Å². The van der Waals surface area contributed by atoms with E-state index in [4.69, 9.17) is 5.73 Å². The number of halogens is 1. The molecule has 130 valence electrons. The maximum absolute atomic E-state index is 12.0. The van der Waals surface area contributed by atoms with Gasteiger partial charge in [0.1, 0.15) is 0 Å². The fourth-order valence-electron chi connectivity index (χ4n) is 2.86. The number of hydrogen-bond donors (Lipinski definition) is 2. The van der Waals surface area contributed by atoms with Gasteiger partial charge in [-0.15, -0.1) is 12.4 Å². The molecule has 4 nitrogen and oxygen atoms in total. The van der Waals surface area contributed by atoms with Crippen LogP contribution >= 0.6 is 12.4 Å². The summed E-state index contributed by atoms with van der Waals surface area (Å²) in [6, 6.07) is 8.41. The van der Waals surface area contributed by atoms with Gasteiger partial charge in [0.2, 0.25) is 5.91 Å². The number of nitrogens with two attached hydrogens (primary N) is 1. The number of piperidine rings is 1. The van der Waals surface area contributed by atoms with Gasteiger partial charge in [0.15, 0.2) is 0 Å². The zero-order valence-corrected chi connectivity index (χ0v) is 15.2. The molecule has 0 radical (unpaired) electrons. The number of carbonyl (C=O) groups excluding carboxylic acids is 1. The Morgan fingerprint density at radius 1 is 1.30 bits per heavy atom. The Labute approximate surface area is 146 Å². The number of hydrogen-bond acceptors (Lipinski definition) is 3. The first-order chi connectivity index (χ1) is 10.5. The largest absolute Gasteiger partial charge is 0.352 e. The Morgan fingerprint density at radius 2 is 1.91 bits per heavy atom. The lowest BCUT2D eigenvalue weighted by molar-refractivity contribution is -0.124. The Bertz CT molecular complexity index is 499. The molecule has 1 saturated heterocycles. The fourth-order valence-corrected chi connectivity index (χ4v) is 2.86. The van der Waals surface area contributed by atoms with E-state index in [2.05, 4.69) is 41.4 Å². The summed E-state index contributed by atoms with van der Waals surface area (Å²) in [6.07, 6.45) is 2.00. The van der Waals surface area contributed by atoms with E-state index in [1.54, 1.807) is 0 Å². The van der Waals surface area contributed by atoms with Crippen LogP contribution < -0.4 is 11.1 Å². The van der Waals surface area contributed by atoms with Crippen LogP contribution in [-0.2, 0) is 11.3 Å². The van der Waals surface area contributed by atoms with Crippen LogP contribution in [0.2, 0.25) is 0 Å². The van der Waals surface area contributed by atoms with Crippen molar-refractivity contribution in [3.63, 3.8) is 0 Å². The third kappa shape index (κ3) is 5.79. The van der Waals surface area contributed by atoms with Crippen molar-refractivity contribution in [2.45, 2.75) is 52.2 Å². The van der Waals surface area contributed by atoms with Crippen LogP contribution in [-0.4, -0.2) is 36.0 Å². The first kappa shape index (κ1) is 19.9. The van der Waals surface area contributed by atoms with Crippen molar-refractivity contribution < 1.29 is 4.79 Å². The summed E-state index contributed by atoms with van der Waals surface area (Å²) < 4.78 is 0. The monoisotopic (exact) mass is 339 g/mol. The summed E-state index contributed by atoms with van der Waals surface area (Å²) in [4.78, 5) is 14.5. The SMILES string of the molecule is Cc1ccccc1CN1CCC(NC(=O)[C@@H](N)C(C)C)CC1.Cl. The number of rotatable bonds is 5. The average Bonchev–Trinajstić information content (AvgIpc) is 2.50. The highest BCUT2D eigenvalue weighted by molar-refractivity contribution is 5.85. The maximum Gasteiger partial charge on any atom is 0.237 e. The Morgan fingerprint density at radius 3 is 2.48 bits per heavy atom. The molecule has 3 N–H and O–H groups in total. The molecule has 1 heterocycles. The molecular weight excluding hydrogens is 310 g/mol. The molecule has 1 amide bonds. The summed E-state index contributed by atoms with van der Waals surface area (Å²) >= 11 is 0. The average molecular weight is 340 g/mol. The van der Waals surface area contributed by atoms with E-state index < -0.39 is 6.04 Å². The second-order valence-corrected chi connectivity index (χ2v) is 6.76. The third-order valence-electron chi connectivity index (χ3n) is 4.61. The molecule has 5 heteroatoms. The number of amides is 1. The highest BCUT2D eigenvalue weighted by Crippen LogP contribution is 2.16. The van der Waals surface area contributed by atoms with Crippen molar-refractivity contribution >= 4 is 18.3 Å². The molecule has 1 fully saturated rings. The predicted octanol–water partition coefficient (Wildman–Crippen LogP) is 2.48. The standard InChI is InChI=1S/C18H29N3O.ClH/c1-13(2)17(19)18(22)20-16-8-10-21(11-9-16)12-15-7-5-4-6-14(15)3;/h4-7,13,16-17H,8-12,19H2,1-3H3,(H,20,22);1H/t17-;/m0./s1. The number of aryl methyl sites for hydroxylation is 1. The van der Waals surface area contributed by atoms with Gasteiger partial charge in [-0.3, -0.25) is 9.69 Å². The Hall–Kier alpha value is -1.10. The Balaban J connectivity index is 0.00000264. The number of likely N-dealkylation sites (tertiary alicyclic amines) is 1. The van der Waals surface area contributed by atoms with Crippen molar-refractivity contribution in [3.05, 3.63) is 35.4 Å². The highest BCUT2D eigenvalue weighted by Gasteiger charge is 2.24. The second kappa shape index (κ2) is 9.26. The van der Waals surface area contributed by atoms with Crippen LogP contribution in [0.25, 0.3) is 0 Å². The van der Waals surface area contributed by atoms with Crippen LogP contribution in [0.15, 0.2) is 24.3 Å². The van der Waals surface area contributed by atoms with Gasteiger partial charge in [0, 0.05) is 25.7 Å². The molecule has 1 aromatic rings. The minimum absolute atomic E-state index is 0. The van der Waals surface area contributed by atoms with Crippen LogP contribution in [0.4, 0.5) is 0 Å². The van der Waals surface area contributed by atoms with Crippen LogP contribution in [0, 0.1) is 12.8 Å². The van der Waals surface area contributed by atoms with Crippen LogP contribution in [0.3, 0.4) is 0 Å². The minimum Gasteiger partial charge on any atom is -0.352 e. The molecule has 0 saturated carbocycles. The second-order valence-electron chi connectivity index (χ2n) is 6.76. The Kier molecular flexibility index (Phi) is 8.03. The van der Waals surface area contributed by atoms with E-state index in [1.807, 2.05) is 13.8 Å². The van der Waals surface area contributed by atoms with E-state index in [0.717, 1.165) is 32.5 Å². The van der Waals surface area contributed by atoms with E-state index in [0.29, 0.717) is 0 Å². The zero-order chi connectivity index (χ0) is 16.1. The summed E-state index contributed by atoms with van der Waals surface area (Å²) in [5.74, 6) is 0.175. The molecule has 0 spiro atoms. The fraction of sp³-hybridized carbons (Fsp3) is 0.611. The van der Waals surface area contributed by atoms with Crippen molar-refractivity contribution in [1.29, 1.82) is 0 Å². The summed E-state index contributed by atoms with van der Waals surface area (Å²) in [6.45, 7) is 9.17. The molecule has 0 unspecified atom stereocenters. The molecule has 23 heavy (non-hydrogen) atoms. The quantitative estimate of drug-likeness (QED) is 0.866. The zero-order valence-electron chi connectivity index (χ0n) is 14.4. The molecule has 0 aliphatic carbocycles. The molecule has 1 aliphatic heterocycles. The van der Waals surface area contributed by atoms with Gasteiger partial charge in [0.05, 0.1) is 6.04 Å². The van der Waals surface area contributed by atoms with Crippen molar-refractivity contribution in [2.75, 3.05) is 13.1 Å². The van der Waals surface area contributed by atoms with Gasteiger partial charge in [-0.05, 0) is 36.8 Å². The number of benzene rings is 1. The highest BCUT2D eigenvalue weighted by atomic mass is 35.5. The first-order valence-electron chi connectivity index (χ1n) is 8.30.